The van der Waals surface area contributed by atoms with Gasteiger partial charge in [0.05, 0.1) is 0 Å². The third kappa shape index (κ3) is 2.01. The van der Waals surface area contributed by atoms with Gasteiger partial charge in [-0.2, -0.15) is 0 Å². The summed E-state index contributed by atoms with van der Waals surface area (Å²) in [5, 5.41) is 10.7. The molecule has 1 saturated carbocycles. The average Bonchev–Trinajstić information content (AvgIpc) is 2.71. The summed E-state index contributed by atoms with van der Waals surface area (Å²) in [5.74, 6) is 0.852. The number of aromatic nitrogens is 2. The molecule has 2 rings (SSSR count). The normalized spacial score (nSPS) is 23.2. The zero-order valence-electron chi connectivity index (χ0n) is 10.5. The fourth-order valence-corrected chi connectivity index (χ4v) is 2.54. The fourth-order valence-electron chi connectivity index (χ4n) is 2.54. The Kier molecular flexibility index (Phi) is 2.82. The highest BCUT2D eigenvalue weighted by atomic mass is 16.3. The second kappa shape index (κ2) is 3.88. The molecule has 1 aromatic heterocycles. The smallest absolute Gasteiger partial charge is 0.140 e. The van der Waals surface area contributed by atoms with Gasteiger partial charge in [0.2, 0.25) is 0 Å². The van der Waals surface area contributed by atoms with Crippen molar-refractivity contribution in [3.63, 3.8) is 0 Å². The van der Waals surface area contributed by atoms with E-state index >= 15 is 0 Å². The summed E-state index contributed by atoms with van der Waals surface area (Å²) in [6.07, 6.45) is 7.54. The molecule has 0 radical (unpaired) electrons. The molecule has 0 amide bonds. The first-order valence-corrected chi connectivity index (χ1v) is 6.21. The number of aryl methyl sites for hydroxylation is 1. The standard InChI is InChI=1S/C13H22N2O/c1-4-15-10-9-14-11(15)13(16)7-5-12(2,3)6-8-13/h9-10,16H,4-8H2,1-3H3. The van der Waals surface area contributed by atoms with E-state index in [4.69, 9.17) is 0 Å². The minimum atomic E-state index is -0.699. The Morgan fingerprint density at radius 1 is 1.31 bits per heavy atom. The average molecular weight is 222 g/mol. The molecule has 0 aliphatic heterocycles. The zero-order valence-corrected chi connectivity index (χ0v) is 10.5. The van der Waals surface area contributed by atoms with Crippen molar-refractivity contribution in [3.8, 4) is 0 Å². The lowest BCUT2D eigenvalue weighted by molar-refractivity contribution is -0.0400. The van der Waals surface area contributed by atoms with Crippen LogP contribution >= 0.6 is 0 Å². The Morgan fingerprint density at radius 3 is 2.50 bits per heavy atom. The first-order valence-electron chi connectivity index (χ1n) is 6.21. The van der Waals surface area contributed by atoms with Gasteiger partial charge in [0.1, 0.15) is 11.4 Å². The monoisotopic (exact) mass is 222 g/mol. The van der Waals surface area contributed by atoms with E-state index in [9.17, 15) is 5.11 Å². The van der Waals surface area contributed by atoms with Gasteiger partial charge in [-0.15, -0.1) is 0 Å². The van der Waals surface area contributed by atoms with Crippen LogP contribution in [0.1, 0.15) is 52.3 Å². The molecule has 1 fully saturated rings. The molecule has 0 unspecified atom stereocenters. The van der Waals surface area contributed by atoms with Crippen LogP contribution in [0.25, 0.3) is 0 Å². The maximum absolute atomic E-state index is 10.7. The van der Waals surface area contributed by atoms with Crippen LogP contribution in [0.5, 0.6) is 0 Å². The lowest BCUT2D eigenvalue weighted by atomic mass is 9.70. The molecule has 0 spiro atoms. The summed E-state index contributed by atoms with van der Waals surface area (Å²) < 4.78 is 2.05. The van der Waals surface area contributed by atoms with E-state index in [0.717, 1.165) is 38.1 Å². The number of hydrogen-bond acceptors (Lipinski definition) is 2. The van der Waals surface area contributed by atoms with Gasteiger partial charge >= 0.3 is 0 Å². The van der Waals surface area contributed by atoms with Gasteiger partial charge < -0.3 is 9.67 Å². The molecule has 0 aromatic carbocycles. The summed E-state index contributed by atoms with van der Waals surface area (Å²) >= 11 is 0. The van der Waals surface area contributed by atoms with Crippen molar-refractivity contribution < 1.29 is 5.11 Å². The Balaban J connectivity index is 2.21. The summed E-state index contributed by atoms with van der Waals surface area (Å²) in [5.41, 5.74) is -0.328. The largest absolute Gasteiger partial charge is 0.382 e. The van der Waals surface area contributed by atoms with Gasteiger partial charge in [-0.1, -0.05) is 13.8 Å². The van der Waals surface area contributed by atoms with Crippen molar-refractivity contribution in [2.75, 3.05) is 0 Å². The molecule has 0 saturated heterocycles. The third-order valence-corrected chi connectivity index (χ3v) is 3.90. The summed E-state index contributed by atoms with van der Waals surface area (Å²) in [7, 11) is 0. The minimum absolute atomic E-state index is 0.371. The van der Waals surface area contributed by atoms with Crippen LogP contribution in [0, 0.1) is 5.41 Å². The van der Waals surface area contributed by atoms with E-state index in [-0.39, 0.29) is 0 Å². The third-order valence-electron chi connectivity index (χ3n) is 3.90. The van der Waals surface area contributed by atoms with Crippen LogP contribution in [0.3, 0.4) is 0 Å². The highest BCUT2D eigenvalue weighted by Crippen LogP contribution is 2.44. The van der Waals surface area contributed by atoms with Crippen molar-refractivity contribution in [1.82, 2.24) is 9.55 Å². The van der Waals surface area contributed by atoms with E-state index in [1.807, 2.05) is 6.20 Å². The first kappa shape index (κ1) is 11.6. The lowest BCUT2D eigenvalue weighted by Gasteiger charge is -2.39. The van der Waals surface area contributed by atoms with Crippen LogP contribution < -0.4 is 0 Å². The molecule has 3 nitrogen and oxygen atoms in total. The van der Waals surface area contributed by atoms with Gasteiger partial charge in [0.15, 0.2) is 0 Å². The first-order chi connectivity index (χ1) is 7.47. The molecule has 16 heavy (non-hydrogen) atoms. The van der Waals surface area contributed by atoms with Gasteiger partial charge in [-0.25, -0.2) is 4.98 Å². The van der Waals surface area contributed by atoms with Gasteiger partial charge in [0.25, 0.3) is 0 Å². The van der Waals surface area contributed by atoms with E-state index in [0.29, 0.717) is 5.41 Å². The van der Waals surface area contributed by atoms with Gasteiger partial charge in [-0.05, 0) is 38.0 Å². The molecule has 1 aliphatic carbocycles. The Labute approximate surface area is 97.5 Å². The molecular weight excluding hydrogens is 200 g/mol. The fraction of sp³-hybridized carbons (Fsp3) is 0.769. The second-order valence-corrected chi connectivity index (χ2v) is 5.73. The van der Waals surface area contributed by atoms with Gasteiger partial charge in [0, 0.05) is 18.9 Å². The number of aliphatic hydroxyl groups is 1. The van der Waals surface area contributed by atoms with E-state index in [1.165, 1.54) is 0 Å². The predicted molar refractivity (Wildman–Crippen MR) is 64.0 cm³/mol. The summed E-state index contributed by atoms with van der Waals surface area (Å²) in [6, 6.07) is 0. The molecule has 0 bridgehead atoms. The lowest BCUT2D eigenvalue weighted by Crippen LogP contribution is -2.36. The molecular formula is C13H22N2O. The molecule has 1 aromatic rings. The highest BCUT2D eigenvalue weighted by Gasteiger charge is 2.40. The minimum Gasteiger partial charge on any atom is -0.382 e. The molecule has 1 aliphatic rings. The van der Waals surface area contributed by atoms with Crippen molar-refractivity contribution >= 4 is 0 Å². The van der Waals surface area contributed by atoms with Crippen molar-refractivity contribution in [3.05, 3.63) is 18.2 Å². The number of hydrogen-bond donors (Lipinski definition) is 1. The second-order valence-electron chi connectivity index (χ2n) is 5.73. The molecule has 1 heterocycles. The SMILES string of the molecule is CCn1ccnc1C1(O)CCC(C)(C)CC1. The molecule has 3 heteroatoms. The van der Waals surface area contributed by atoms with Crippen molar-refractivity contribution in [1.29, 1.82) is 0 Å². The molecule has 1 N–H and O–H groups in total. The maximum Gasteiger partial charge on any atom is 0.140 e. The Bertz CT molecular complexity index is 358. The zero-order chi connectivity index (χ0) is 11.8. The van der Waals surface area contributed by atoms with Crippen LogP contribution in [0.15, 0.2) is 12.4 Å². The number of nitrogens with zero attached hydrogens (tertiary/aromatic N) is 2. The topological polar surface area (TPSA) is 38.0 Å². The Hall–Kier alpha value is -0.830. The van der Waals surface area contributed by atoms with Crippen LogP contribution in [0.2, 0.25) is 0 Å². The highest BCUT2D eigenvalue weighted by molar-refractivity contribution is 5.07. The Morgan fingerprint density at radius 2 is 1.94 bits per heavy atom. The summed E-state index contributed by atoms with van der Waals surface area (Å²) in [6.45, 7) is 7.51. The maximum atomic E-state index is 10.7. The van der Waals surface area contributed by atoms with Crippen LogP contribution in [-0.2, 0) is 12.1 Å². The van der Waals surface area contributed by atoms with E-state index < -0.39 is 5.60 Å². The van der Waals surface area contributed by atoms with Gasteiger partial charge in [-0.3, -0.25) is 0 Å². The van der Waals surface area contributed by atoms with Crippen LogP contribution in [0.4, 0.5) is 0 Å². The van der Waals surface area contributed by atoms with Crippen LogP contribution in [-0.4, -0.2) is 14.7 Å². The molecule has 90 valence electrons. The van der Waals surface area contributed by atoms with Crippen molar-refractivity contribution in [2.24, 2.45) is 5.41 Å². The summed E-state index contributed by atoms with van der Waals surface area (Å²) in [4.78, 5) is 4.34. The van der Waals surface area contributed by atoms with Crippen molar-refractivity contribution in [2.45, 2.75) is 58.6 Å². The van der Waals surface area contributed by atoms with E-state index in [1.54, 1.807) is 6.20 Å². The van der Waals surface area contributed by atoms with E-state index in [2.05, 4.69) is 30.3 Å². The number of imidazole rings is 1. The quantitative estimate of drug-likeness (QED) is 0.835. The predicted octanol–water partition coefficient (Wildman–Crippen LogP) is 2.69. The molecule has 0 atom stereocenters. The number of rotatable bonds is 2.